The van der Waals surface area contributed by atoms with Gasteiger partial charge in [0.15, 0.2) is 0 Å². The Labute approximate surface area is 142 Å². The summed E-state index contributed by atoms with van der Waals surface area (Å²) in [6.45, 7) is 2.82. The third-order valence-corrected chi connectivity index (χ3v) is 3.57. The van der Waals surface area contributed by atoms with Crippen molar-refractivity contribution in [1.82, 2.24) is 15.6 Å². The second-order valence-corrected chi connectivity index (χ2v) is 5.33. The zero-order valence-corrected chi connectivity index (χ0v) is 14.3. The highest BCUT2D eigenvalue weighted by Gasteiger charge is 2.07. The average molecular weight is 329 g/mol. The van der Waals surface area contributed by atoms with Gasteiger partial charge in [0.1, 0.15) is 5.75 Å². The third kappa shape index (κ3) is 5.15. The van der Waals surface area contributed by atoms with Gasteiger partial charge in [0.2, 0.25) is 5.88 Å². The molecule has 0 aliphatic heterocycles. The topological polar surface area (TPSA) is 72.5 Å². The molecule has 0 aliphatic rings. The third-order valence-electron chi connectivity index (χ3n) is 3.57. The first-order valence-electron chi connectivity index (χ1n) is 7.77. The van der Waals surface area contributed by atoms with Crippen LogP contribution in [0.5, 0.6) is 11.6 Å². The predicted molar refractivity (Wildman–Crippen MR) is 92.5 cm³/mol. The number of benzene rings is 1. The van der Waals surface area contributed by atoms with E-state index in [-0.39, 0.29) is 6.03 Å². The highest BCUT2D eigenvalue weighted by molar-refractivity contribution is 5.73. The summed E-state index contributed by atoms with van der Waals surface area (Å²) >= 11 is 0. The molecule has 2 rings (SSSR count). The monoisotopic (exact) mass is 329 g/mol. The van der Waals surface area contributed by atoms with E-state index in [0.717, 1.165) is 29.0 Å². The van der Waals surface area contributed by atoms with Gasteiger partial charge in [-0.05, 0) is 37.1 Å². The number of nitrogens with one attached hydrogen (secondary N) is 2. The Morgan fingerprint density at radius 3 is 2.46 bits per heavy atom. The normalized spacial score (nSPS) is 10.1. The largest absolute Gasteiger partial charge is 0.497 e. The second-order valence-electron chi connectivity index (χ2n) is 5.33. The molecule has 0 spiro atoms. The Kier molecular flexibility index (Phi) is 6.42. The molecule has 0 saturated heterocycles. The molecule has 1 heterocycles. The van der Waals surface area contributed by atoms with Crippen LogP contribution in [-0.2, 0) is 13.0 Å². The van der Waals surface area contributed by atoms with E-state index in [4.69, 9.17) is 9.47 Å². The molecule has 128 valence electrons. The van der Waals surface area contributed by atoms with Gasteiger partial charge in [-0.1, -0.05) is 18.2 Å². The molecule has 0 atom stereocenters. The maximum Gasteiger partial charge on any atom is 0.315 e. The highest BCUT2D eigenvalue weighted by Crippen LogP contribution is 2.15. The van der Waals surface area contributed by atoms with Crippen LogP contribution < -0.4 is 20.1 Å². The lowest BCUT2D eigenvalue weighted by atomic mass is 10.1. The zero-order valence-electron chi connectivity index (χ0n) is 14.3. The zero-order chi connectivity index (χ0) is 17.4. The van der Waals surface area contributed by atoms with Gasteiger partial charge in [-0.2, -0.15) is 0 Å². The smallest absolute Gasteiger partial charge is 0.315 e. The fraction of sp³-hybridized carbons (Fsp3) is 0.333. The van der Waals surface area contributed by atoms with Crippen LogP contribution >= 0.6 is 0 Å². The Morgan fingerprint density at radius 1 is 1.04 bits per heavy atom. The van der Waals surface area contributed by atoms with Crippen molar-refractivity contribution in [1.29, 1.82) is 0 Å². The Morgan fingerprint density at radius 2 is 1.79 bits per heavy atom. The van der Waals surface area contributed by atoms with Crippen LogP contribution in [0, 0.1) is 6.92 Å². The van der Waals surface area contributed by atoms with Crippen LogP contribution in [0.15, 0.2) is 36.4 Å². The lowest BCUT2D eigenvalue weighted by molar-refractivity contribution is 0.240. The van der Waals surface area contributed by atoms with Crippen LogP contribution in [-0.4, -0.2) is 31.8 Å². The van der Waals surface area contributed by atoms with E-state index in [1.807, 2.05) is 43.3 Å². The summed E-state index contributed by atoms with van der Waals surface area (Å²) in [5.74, 6) is 1.36. The minimum absolute atomic E-state index is 0.217. The van der Waals surface area contributed by atoms with Gasteiger partial charge in [0.25, 0.3) is 0 Å². The lowest BCUT2D eigenvalue weighted by Crippen LogP contribution is -2.36. The minimum atomic E-state index is -0.217. The number of carbonyl (C=O) groups excluding carboxylic acids is 1. The maximum absolute atomic E-state index is 11.9. The Balaban J connectivity index is 1.75. The number of hydrogen-bond donors (Lipinski definition) is 2. The first-order chi connectivity index (χ1) is 11.6. The highest BCUT2D eigenvalue weighted by atomic mass is 16.5. The number of aryl methyl sites for hydroxylation is 1. The number of methoxy groups -OCH3 is 2. The van der Waals surface area contributed by atoms with Crippen molar-refractivity contribution in [3.63, 3.8) is 0 Å². The van der Waals surface area contributed by atoms with Crippen LogP contribution in [0.25, 0.3) is 0 Å². The fourth-order valence-electron chi connectivity index (χ4n) is 2.22. The predicted octanol–water partition coefficient (Wildman–Crippen LogP) is 2.45. The number of urea groups is 1. The molecule has 0 bridgehead atoms. The quantitative estimate of drug-likeness (QED) is 0.818. The summed E-state index contributed by atoms with van der Waals surface area (Å²) in [6.07, 6.45) is 0.757. The van der Waals surface area contributed by atoms with Gasteiger partial charge in [0, 0.05) is 24.3 Å². The van der Waals surface area contributed by atoms with Crippen LogP contribution in [0.3, 0.4) is 0 Å². The molecule has 0 aliphatic carbocycles. The molecule has 0 saturated carbocycles. The van der Waals surface area contributed by atoms with E-state index in [2.05, 4.69) is 15.6 Å². The number of ether oxygens (including phenoxy) is 2. The van der Waals surface area contributed by atoms with Crippen molar-refractivity contribution in [2.75, 3.05) is 20.8 Å². The van der Waals surface area contributed by atoms with Crippen LogP contribution in [0.4, 0.5) is 4.79 Å². The summed E-state index contributed by atoms with van der Waals surface area (Å²) in [5, 5.41) is 5.64. The van der Waals surface area contributed by atoms with Gasteiger partial charge in [-0.25, -0.2) is 9.78 Å². The Hall–Kier alpha value is -2.76. The standard InChI is InChI=1S/C18H23N3O3/c1-13-4-7-15(17(21-13)24-3)12-20-18(22)19-11-10-14-5-8-16(23-2)9-6-14/h4-9H,10-12H2,1-3H3,(H2,19,20,22). The van der Waals surface area contributed by atoms with Gasteiger partial charge in [0.05, 0.1) is 14.2 Å². The molecule has 2 N–H and O–H groups in total. The van der Waals surface area contributed by atoms with Gasteiger partial charge >= 0.3 is 6.03 Å². The summed E-state index contributed by atoms with van der Waals surface area (Å²) < 4.78 is 10.3. The number of carbonyl (C=O) groups is 1. The number of amides is 2. The van der Waals surface area contributed by atoms with Crippen molar-refractivity contribution in [2.45, 2.75) is 19.9 Å². The number of rotatable bonds is 7. The Bertz CT molecular complexity index is 672. The molecule has 0 unspecified atom stereocenters. The molecule has 1 aromatic heterocycles. The molecule has 0 fully saturated rings. The second kappa shape index (κ2) is 8.76. The number of hydrogen-bond acceptors (Lipinski definition) is 4. The van der Waals surface area contributed by atoms with Crippen molar-refractivity contribution in [3.8, 4) is 11.6 Å². The SMILES string of the molecule is COc1ccc(CCNC(=O)NCc2ccc(C)nc2OC)cc1. The van der Waals surface area contributed by atoms with E-state index in [1.165, 1.54) is 0 Å². The molecule has 2 aromatic rings. The maximum atomic E-state index is 11.9. The van der Waals surface area contributed by atoms with E-state index in [1.54, 1.807) is 14.2 Å². The van der Waals surface area contributed by atoms with Crippen molar-refractivity contribution >= 4 is 6.03 Å². The van der Waals surface area contributed by atoms with Gasteiger partial charge in [-0.3, -0.25) is 0 Å². The average Bonchev–Trinajstić information content (AvgIpc) is 2.61. The molecular weight excluding hydrogens is 306 g/mol. The first-order valence-corrected chi connectivity index (χ1v) is 7.77. The first kappa shape index (κ1) is 17.6. The summed E-state index contributed by atoms with van der Waals surface area (Å²) in [5.41, 5.74) is 2.86. The molecular formula is C18H23N3O3. The van der Waals surface area contributed by atoms with E-state index in [9.17, 15) is 4.79 Å². The molecule has 0 radical (unpaired) electrons. The molecule has 6 heteroatoms. The van der Waals surface area contributed by atoms with E-state index >= 15 is 0 Å². The van der Waals surface area contributed by atoms with Gasteiger partial charge < -0.3 is 20.1 Å². The van der Waals surface area contributed by atoms with Crippen LogP contribution in [0.2, 0.25) is 0 Å². The molecule has 2 amide bonds. The summed E-state index contributed by atoms with van der Waals surface area (Å²) in [6, 6.07) is 11.4. The van der Waals surface area contributed by atoms with Crippen molar-refractivity contribution < 1.29 is 14.3 Å². The molecule has 24 heavy (non-hydrogen) atoms. The number of aromatic nitrogens is 1. The van der Waals surface area contributed by atoms with Gasteiger partial charge in [-0.15, -0.1) is 0 Å². The van der Waals surface area contributed by atoms with Crippen molar-refractivity contribution in [3.05, 3.63) is 53.2 Å². The number of pyridine rings is 1. The molecule has 1 aromatic carbocycles. The van der Waals surface area contributed by atoms with E-state index in [0.29, 0.717) is 19.0 Å². The fourth-order valence-corrected chi connectivity index (χ4v) is 2.22. The number of nitrogens with zero attached hydrogens (tertiary/aromatic N) is 1. The lowest BCUT2D eigenvalue weighted by Gasteiger charge is -2.10. The van der Waals surface area contributed by atoms with Crippen LogP contribution in [0.1, 0.15) is 16.8 Å². The summed E-state index contributed by atoms with van der Waals surface area (Å²) in [7, 11) is 3.21. The summed E-state index contributed by atoms with van der Waals surface area (Å²) in [4.78, 5) is 16.2. The van der Waals surface area contributed by atoms with Crippen molar-refractivity contribution in [2.24, 2.45) is 0 Å². The minimum Gasteiger partial charge on any atom is -0.497 e. The molecule has 6 nitrogen and oxygen atoms in total. The van der Waals surface area contributed by atoms with E-state index < -0.39 is 0 Å².